The Morgan fingerprint density at radius 2 is 1.92 bits per heavy atom. The third kappa shape index (κ3) is 6.59. The van der Waals surface area contributed by atoms with Crippen molar-refractivity contribution in [1.82, 2.24) is 15.1 Å². The zero-order valence-corrected chi connectivity index (χ0v) is 24.0. The number of likely N-dealkylation sites (tertiary alicyclic amines) is 1. The standard InChI is InChI=1S/C29H37ClN4O4S/c1-2-37-14-13-33-10-7-21(19-33)20-39(35,36)25-5-3-24(4-6-25)38-29-27-16-23(30)15-22(18-31)26(27)17-28(29)34-11-8-32-9-12-34/h3-6,15-16,21,28-29,32H,2,7-14,17,19-20H2,1H3/t21-,28-,29-/m0/s1. The molecule has 1 aliphatic carbocycles. The summed E-state index contributed by atoms with van der Waals surface area (Å²) in [5, 5.41) is 13.6. The van der Waals surface area contributed by atoms with Gasteiger partial charge in [-0.1, -0.05) is 11.6 Å². The summed E-state index contributed by atoms with van der Waals surface area (Å²) in [6.45, 7) is 9.51. The summed E-state index contributed by atoms with van der Waals surface area (Å²) in [7, 11) is -3.41. The molecule has 2 aromatic rings. The number of hydrogen-bond acceptors (Lipinski definition) is 8. The quantitative estimate of drug-likeness (QED) is 0.433. The maximum atomic E-state index is 13.2. The Balaban J connectivity index is 1.29. The third-order valence-electron chi connectivity index (χ3n) is 8.09. The zero-order chi connectivity index (χ0) is 27.4. The van der Waals surface area contributed by atoms with E-state index >= 15 is 0 Å². The molecule has 0 amide bonds. The van der Waals surface area contributed by atoms with Crippen LogP contribution in [0.5, 0.6) is 5.75 Å². The van der Waals surface area contributed by atoms with Gasteiger partial charge < -0.3 is 19.7 Å². The van der Waals surface area contributed by atoms with E-state index in [0.717, 1.165) is 69.8 Å². The predicted molar refractivity (Wildman–Crippen MR) is 151 cm³/mol. The molecule has 0 bridgehead atoms. The summed E-state index contributed by atoms with van der Waals surface area (Å²) in [4.78, 5) is 5.02. The normalized spacial score (nSPS) is 24.0. The second-order valence-corrected chi connectivity index (χ2v) is 13.1. The number of piperazine rings is 1. The third-order valence-corrected chi connectivity index (χ3v) is 10.2. The van der Waals surface area contributed by atoms with Crippen LogP contribution >= 0.6 is 11.6 Å². The zero-order valence-electron chi connectivity index (χ0n) is 22.4. The topological polar surface area (TPSA) is 94.9 Å². The molecule has 0 aromatic heterocycles. The molecule has 2 saturated heterocycles. The first-order chi connectivity index (χ1) is 18.9. The van der Waals surface area contributed by atoms with Crippen LogP contribution in [-0.2, 0) is 21.0 Å². The number of nitriles is 1. The number of nitrogens with one attached hydrogen (secondary N) is 1. The van der Waals surface area contributed by atoms with Gasteiger partial charge in [0.15, 0.2) is 9.84 Å². The second kappa shape index (κ2) is 12.5. The van der Waals surface area contributed by atoms with Crippen LogP contribution in [0.15, 0.2) is 41.3 Å². The van der Waals surface area contributed by atoms with Gasteiger partial charge in [-0.25, -0.2) is 8.42 Å². The number of sulfone groups is 1. The number of fused-ring (bicyclic) bond motifs is 1. The molecule has 210 valence electrons. The van der Waals surface area contributed by atoms with Crippen LogP contribution in [-0.4, -0.2) is 89.0 Å². The molecule has 3 aliphatic rings. The smallest absolute Gasteiger partial charge is 0.178 e. The Hall–Kier alpha value is -2.19. The van der Waals surface area contributed by atoms with Gasteiger partial charge in [-0.15, -0.1) is 0 Å². The lowest BCUT2D eigenvalue weighted by molar-refractivity contribution is 0.0693. The van der Waals surface area contributed by atoms with Gasteiger partial charge >= 0.3 is 0 Å². The maximum Gasteiger partial charge on any atom is 0.178 e. The first-order valence-electron chi connectivity index (χ1n) is 13.8. The molecule has 8 nitrogen and oxygen atoms in total. The maximum absolute atomic E-state index is 13.2. The number of benzene rings is 2. The van der Waals surface area contributed by atoms with Crippen molar-refractivity contribution in [2.24, 2.45) is 5.92 Å². The molecular formula is C29H37ClN4O4S. The van der Waals surface area contributed by atoms with E-state index in [1.54, 1.807) is 30.3 Å². The van der Waals surface area contributed by atoms with Crippen molar-refractivity contribution in [3.63, 3.8) is 0 Å². The number of ether oxygens (including phenoxy) is 2. The molecule has 10 heteroatoms. The number of hydrogen-bond donors (Lipinski definition) is 1. The molecule has 0 spiro atoms. The van der Waals surface area contributed by atoms with E-state index in [1.807, 2.05) is 13.0 Å². The fourth-order valence-corrected chi connectivity index (χ4v) is 7.97. The fourth-order valence-electron chi connectivity index (χ4n) is 6.11. The van der Waals surface area contributed by atoms with Crippen molar-refractivity contribution in [3.05, 3.63) is 58.1 Å². The van der Waals surface area contributed by atoms with Crippen LogP contribution in [0.3, 0.4) is 0 Å². The van der Waals surface area contributed by atoms with Crippen molar-refractivity contribution in [1.29, 1.82) is 5.26 Å². The van der Waals surface area contributed by atoms with Gasteiger partial charge in [-0.05, 0) is 79.8 Å². The molecule has 5 rings (SSSR count). The molecule has 2 fully saturated rings. The summed E-state index contributed by atoms with van der Waals surface area (Å²) < 4.78 is 38.4. The molecule has 0 unspecified atom stereocenters. The van der Waals surface area contributed by atoms with Crippen molar-refractivity contribution >= 4 is 21.4 Å². The number of halogens is 1. The number of nitrogens with zero attached hydrogens (tertiary/aromatic N) is 3. The van der Waals surface area contributed by atoms with E-state index in [2.05, 4.69) is 21.2 Å². The molecular weight excluding hydrogens is 536 g/mol. The first kappa shape index (κ1) is 28.3. The van der Waals surface area contributed by atoms with Crippen LogP contribution < -0.4 is 10.1 Å². The average molecular weight is 573 g/mol. The summed E-state index contributed by atoms with van der Waals surface area (Å²) in [5.74, 6) is 0.879. The fraction of sp³-hybridized carbons (Fsp3) is 0.552. The Labute approximate surface area is 236 Å². The Kier molecular flexibility index (Phi) is 9.12. The van der Waals surface area contributed by atoms with Gasteiger partial charge in [0.25, 0.3) is 0 Å². The molecule has 3 atom stereocenters. The predicted octanol–water partition coefficient (Wildman–Crippen LogP) is 3.29. The van der Waals surface area contributed by atoms with Crippen LogP contribution in [0.2, 0.25) is 5.02 Å². The van der Waals surface area contributed by atoms with Gasteiger partial charge in [-0.3, -0.25) is 4.90 Å². The van der Waals surface area contributed by atoms with Gasteiger partial charge in [0.1, 0.15) is 11.9 Å². The lowest BCUT2D eigenvalue weighted by atomic mass is 10.0. The van der Waals surface area contributed by atoms with Crippen LogP contribution in [0.1, 0.15) is 36.1 Å². The average Bonchev–Trinajstić information content (AvgIpc) is 3.53. The molecule has 2 heterocycles. The van der Waals surface area contributed by atoms with Gasteiger partial charge in [0, 0.05) is 50.9 Å². The molecule has 0 radical (unpaired) electrons. The van der Waals surface area contributed by atoms with Crippen LogP contribution in [0.25, 0.3) is 0 Å². The lowest BCUT2D eigenvalue weighted by Gasteiger charge is -2.36. The Morgan fingerprint density at radius 3 is 2.64 bits per heavy atom. The molecule has 0 saturated carbocycles. The molecule has 39 heavy (non-hydrogen) atoms. The second-order valence-electron chi connectivity index (χ2n) is 10.6. The highest BCUT2D eigenvalue weighted by Gasteiger charge is 2.40. The van der Waals surface area contributed by atoms with Crippen LogP contribution in [0.4, 0.5) is 0 Å². The van der Waals surface area contributed by atoms with Crippen molar-refractivity contribution < 1.29 is 17.9 Å². The highest BCUT2D eigenvalue weighted by atomic mass is 35.5. The molecule has 1 N–H and O–H groups in total. The van der Waals surface area contributed by atoms with E-state index in [4.69, 9.17) is 21.1 Å². The van der Waals surface area contributed by atoms with Crippen molar-refractivity contribution in [3.8, 4) is 11.8 Å². The van der Waals surface area contributed by atoms with Gasteiger partial charge in [-0.2, -0.15) is 5.26 Å². The lowest BCUT2D eigenvalue weighted by Crippen LogP contribution is -2.50. The van der Waals surface area contributed by atoms with E-state index in [9.17, 15) is 13.7 Å². The van der Waals surface area contributed by atoms with Gasteiger partial charge in [0.05, 0.1) is 34.9 Å². The molecule has 2 aromatic carbocycles. The van der Waals surface area contributed by atoms with E-state index in [0.29, 0.717) is 34.4 Å². The Bertz CT molecular complexity index is 1290. The minimum atomic E-state index is -3.41. The van der Waals surface area contributed by atoms with E-state index in [-0.39, 0.29) is 23.8 Å². The Morgan fingerprint density at radius 1 is 1.15 bits per heavy atom. The van der Waals surface area contributed by atoms with E-state index < -0.39 is 9.84 Å². The first-order valence-corrected chi connectivity index (χ1v) is 15.9. The van der Waals surface area contributed by atoms with Crippen molar-refractivity contribution in [2.45, 2.75) is 36.8 Å². The monoisotopic (exact) mass is 572 g/mol. The highest BCUT2D eigenvalue weighted by Crippen LogP contribution is 2.41. The van der Waals surface area contributed by atoms with Gasteiger partial charge in [0.2, 0.25) is 0 Å². The highest BCUT2D eigenvalue weighted by molar-refractivity contribution is 7.91. The summed E-state index contributed by atoms with van der Waals surface area (Å²) >= 11 is 6.38. The molecule has 2 aliphatic heterocycles. The SMILES string of the molecule is CCOCCN1CC[C@H](CS(=O)(=O)c2ccc(O[C@H]3c4cc(Cl)cc(C#N)c4C[C@@H]3N3CCNCC3)cc2)C1. The van der Waals surface area contributed by atoms with Crippen LogP contribution in [0, 0.1) is 17.2 Å². The minimum Gasteiger partial charge on any atom is -0.484 e. The summed E-state index contributed by atoms with van der Waals surface area (Å²) in [6, 6.07) is 12.8. The van der Waals surface area contributed by atoms with E-state index in [1.165, 1.54) is 0 Å². The number of rotatable bonds is 10. The van der Waals surface area contributed by atoms with Crippen molar-refractivity contribution in [2.75, 3.05) is 64.8 Å². The summed E-state index contributed by atoms with van der Waals surface area (Å²) in [6.07, 6.45) is 1.30. The largest absolute Gasteiger partial charge is 0.484 e. The summed E-state index contributed by atoms with van der Waals surface area (Å²) in [5.41, 5.74) is 2.52. The minimum absolute atomic E-state index is 0.0733.